The number of fused-ring (bicyclic) bond motifs is 2. The van der Waals surface area contributed by atoms with Crippen LogP contribution < -0.4 is 4.90 Å². The molecular weight excluding hydrogens is 410 g/mol. The zero-order valence-corrected chi connectivity index (χ0v) is 18.5. The van der Waals surface area contributed by atoms with Gasteiger partial charge in [0.1, 0.15) is 5.69 Å². The van der Waals surface area contributed by atoms with Crippen molar-refractivity contribution in [1.82, 2.24) is 29.7 Å². The van der Waals surface area contributed by atoms with Gasteiger partial charge in [-0.1, -0.05) is 0 Å². The van der Waals surface area contributed by atoms with Gasteiger partial charge in [-0.15, -0.1) is 10.2 Å². The summed E-state index contributed by atoms with van der Waals surface area (Å²) in [5, 5.41) is 14.5. The van der Waals surface area contributed by atoms with Gasteiger partial charge < -0.3 is 9.80 Å². The molecule has 1 aromatic carbocycles. The maximum Gasteiger partial charge on any atom is 0.217 e. The lowest BCUT2D eigenvalue weighted by Crippen LogP contribution is -2.31. The van der Waals surface area contributed by atoms with Crippen LogP contribution in [0.4, 0.5) is 5.69 Å². The van der Waals surface area contributed by atoms with E-state index in [1.165, 1.54) is 18.7 Å². The zero-order valence-electron chi connectivity index (χ0n) is 17.7. The standard InChI is InChI=1S/C22H23N7OS/c1-14(30)19-6-7-21-24-25-22(29(21)26-19)31-18-4-5-20-15(11-18)10-17(12-23-20)28-9-8-16(13-28)27(2)3/h4-7,10-12,16H,8-9,13H2,1-3H3. The maximum atomic E-state index is 11.7. The summed E-state index contributed by atoms with van der Waals surface area (Å²) in [5.41, 5.74) is 3.11. The van der Waals surface area contributed by atoms with Crippen LogP contribution in [0.15, 0.2) is 52.6 Å². The van der Waals surface area contributed by atoms with Gasteiger partial charge in [0.15, 0.2) is 11.4 Å². The van der Waals surface area contributed by atoms with E-state index in [2.05, 4.69) is 56.3 Å². The minimum atomic E-state index is -0.0886. The molecule has 0 amide bonds. The molecule has 0 spiro atoms. The van der Waals surface area contributed by atoms with E-state index in [0.717, 1.165) is 41.0 Å². The van der Waals surface area contributed by atoms with Gasteiger partial charge in [0, 0.05) is 36.3 Å². The molecular formula is C22H23N7OS. The van der Waals surface area contributed by atoms with Gasteiger partial charge >= 0.3 is 0 Å². The number of likely N-dealkylation sites (N-methyl/N-ethyl adjacent to an activating group) is 1. The van der Waals surface area contributed by atoms with Crippen molar-refractivity contribution in [2.75, 3.05) is 32.1 Å². The summed E-state index contributed by atoms with van der Waals surface area (Å²) in [7, 11) is 4.28. The number of Topliss-reactive ketones (excluding diaryl/α,β-unsaturated/α-hetero) is 1. The third-order valence-electron chi connectivity index (χ3n) is 5.70. The highest BCUT2D eigenvalue weighted by Gasteiger charge is 2.24. The zero-order chi connectivity index (χ0) is 21.5. The van der Waals surface area contributed by atoms with E-state index in [9.17, 15) is 4.79 Å². The predicted molar refractivity (Wildman–Crippen MR) is 121 cm³/mol. The average Bonchev–Trinajstić information content (AvgIpc) is 3.41. The molecule has 4 heterocycles. The quantitative estimate of drug-likeness (QED) is 0.444. The summed E-state index contributed by atoms with van der Waals surface area (Å²) in [5.74, 6) is -0.0886. The fourth-order valence-electron chi connectivity index (χ4n) is 3.86. The molecule has 1 aliphatic heterocycles. The number of rotatable bonds is 5. The minimum absolute atomic E-state index is 0.0886. The molecule has 1 atom stereocenters. The second-order valence-corrected chi connectivity index (χ2v) is 9.07. The van der Waals surface area contributed by atoms with Crippen LogP contribution in [0.2, 0.25) is 0 Å². The molecule has 158 valence electrons. The lowest BCUT2D eigenvalue weighted by molar-refractivity contribution is 0.101. The van der Waals surface area contributed by atoms with Crippen LogP contribution >= 0.6 is 11.8 Å². The number of ketones is 1. The van der Waals surface area contributed by atoms with Gasteiger partial charge in [-0.05, 0) is 68.7 Å². The Morgan fingerprint density at radius 2 is 2.03 bits per heavy atom. The Balaban J connectivity index is 1.44. The van der Waals surface area contributed by atoms with Crippen LogP contribution in [0.3, 0.4) is 0 Å². The fourth-order valence-corrected chi connectivity index (χ4v) is 4.69. The van der Waals surface area contributed by atoms with Crippen molar-refractivity contribution in [3.05, 3.63) is 48.3 Å². The second-order valence-electron chi connectivity index (χ2n) is 8.03. The normalized spacial score (nSPS) is 16.6. The predicted octanol–water partition coefficient (Wildman–Crippen LogP) is 3.17. The highest BCUT2D eigenvalue weighted by atomic mass is 32.2. The molecule has 1 fully saturated rings. The van der Waals surface area contributed by atoms with E-state index in [1.807, 2.05) is 18.3 Å². The molecule has 31 heavy (non-hydrogen) atoms. The number of nitrogens with zero attached hydrogens (tertiary/aromatic N) is 7. The number of aromatic nitrogens is 5. The van der Waals surface area contributed by atoms with E-state index in [-0.39, 0.29) is 5.78 Å². The highest BCUT2D eigenvalue weighted by Crippen LogP contribution is 2.31. The van der Waals surface area contributed by atoms with Crippen molar-refractivity contribution >= 4 is 39.8 Å². The van der Waals surface area contributed by atoms with Crippen molar-refractivity contribution in [2.24, 2.45) is 0 Å². The second kappa shape index (κ2) is 7.90. The number of hydrogen-bond donors (Lipinski definition) is 0. The first-order valence-electron chi connectivity index (χ1n) is 10.2. The molecule has 8 nitrogen and oxygen atoms in total. The molecule has 1 aliphatic rings. The first kappa shape index (κ1) is 19.9. The van der Waals surface area contributed by atoms with E-state index < -0.39 is 0 Å². The van der Waals surface area contributed by atoms with Gasteiger partial charge in [0.2, 0.25) is 5.16 Å². The number of pyridine rings is 1. The number of anilines is 1. The number of carbonyl (C=O) groups is 1. The average molecular weight is 434 g/mol. The van der Waals surface area contributed by atoms with Crippen molar-refractivity contribution < 1.29 is 4.79 Å². The highest BCUT2D eigenvalue weighted by molar-refractivity contribution is 7.99. The van der Waals surface area contributed by atoms with Crippen LogP contribution in [0.25, 0.3) is 16.6 Å². The molecule has 3 aromatic heterocycles. The van der Waals surface area contributed by atoms with Gasteiger partial charge in [-0.25, -0.2) is 0 Å². The van der Waals surface area contributed by atoms with Crippen LogP contribution in [0.1, 0.15) is 23.8 Å². The Hall–Kier alpha value is -3.04. The Morgan fingerprint density at radius 3 is 2.81 bits per heavy atom. The SMILES string of the molecule is CC(=O)c1ccc2nnc(Sc3ccc4ncc(N5CCC(N(C)C)C5)cc4c3)n2n1. The minimum Gasteiger partial charge on any atom is -0.369 e. The Bertz CT molecular complexity index is 1290. The Kier molecular flexibility index (Phi) is 5.07. The summed E-state index contributed by atoms with van der Waals surface area (Å²) in [4.78, 5) is 22.1. The van der Waals surface area contributed by atoms with Crippen molar-refractivity contribution in [3.63, 3.8) is 0 Å². The lowest BCUT2D eigenvalue weighted by atomic mass is 10.2. The molecule has 0 aliphatic carbocycles. The van der Waals surface area contributed by atoms with Crippen LogP contribution in [0.5, 0.6) is 0 Å². The molecule has 0 N–H and O–H groups in total. The first-order valence-corrected chi connectivity index (χ1v) is 11.0. The van der Waals surface area contributed by atoms with Crippen LogP contribution in [-0.4, -0.2) is 68.7 Å². The van der Waals surface area contributed by atoms with E-state index in [0.29, 0.717) is 22.5 Å². The lowest BCUT2D eigenvalue weighted by Gasteiger charge is -2.21. The smallest absolute Gasteiger partial charge is 0.217 e. The van der Waals surface area contributed by atoms with Crippen molar-refractivity contribution in [1.29, 1.82) is 0 Å². The first-order chi connectivity index (χ1) is 15.0. The van der Waals surface area contributed by atoms with E-state index in [4.69, 9.17) is 0 Å². The summed E-state index contributed by atoms with van der Waals surface area (Å²) in [6.45, 7) is 3.56. The third-order valence-corrected chi connectivity index (χ3v) is 6.63. The van der Waals surface area contributed by atoms with Gasteiger partial charge in [-0.3, -0.25) is 9.78 Å². The largest absolute Gasteiger partial charge is 0.369 e. The monoisotopic (exact) mass is 433 g/mol. The van der Waals surface area contributed by atoms with Gasteiger partial charge in [0.25, 0.3) is 0 Å². The number of benzene rings is 1. The molecule has 4 aromatic rings. The van der Waals surface area contributed by atoms with Gasteiger partial charge in [0.05, 0.1) is 17.4 Å². The van der Waals surface area contributed by atoms with E-state index in [1.54, 1.807) is 16.6 Å². The van der Waals surface area contributed by atoms with Crippen LogP contribution in [-0.2, 0) is 0 Å². The third kappa shape index (κ3) is 3.86. The summed E-state index contributed by atoms with van der Waals surface area (Å²) in [6.07, 6.45) is 3.13. The molecule has 5 rings (SSSR count). The Morgan fingerprint density at radius 1 is 1.16 bits per heavy atom. The summed E-state index contributed by atoms with van der Waals surface area (Å²) >= 11 is 1.47. The van der Waals surface area contributed by atoms with E-state index >= 15 is 0 Å². The Labute approximate surface area is 184 Å². The summed E-state index contributed by atoms with van der Waals surface area (Å²) in [6, 6.07) is 12.4. The molecule has 0 bridgehead atoms. The molecule has 0 radical (unpaired) electrons. The maximum absolute atomic E-state index is 11.7. The van der Waals surface area contributed by atoms with Gasteiger partial charge in [-0.2, -0.15) is 9.61 Å². The summed E-state index contributed by atoms with van der Waals surface area (Å²) < 4.78 is 1.62. The molecule has 0 saturated carbocycles. The van der Waals surface area contributed by atoms with Crippen LogP contribution in [0, 0.1) is 0 Å². The van der Waals surface area contributed by atoms with Crippen molar-refractivity contribution in [3.8, 4) is 0 Å². The molecule has 9 heteroatoms. The number of hydrogen-bond acceptors (Lipinski definition) is 8. The topological polar surface area (TPSA) is 79.5 Å². The van der Waals surface area contributed by atoms with Crippen molar-refractivity contribution in [2.45, 2.75) is 29.4 Å². The number of carbonyl (C=O) groups excluding carboxylic acids is 1. The molecule has 1 unspecified atom stereocenters. The molecule has 1 saturated heterocycles. The fraction of sp³-hybridized carbons (Fsp3) is 0.318.